The lowest BCUT2D eigenvalue weighted by Crippen LogP contribution is -1.99. The summed E-state index contributed by atoms with van der Waals surface area (Å²) in [5.74, 6) is 0.792. The number of halogens is 3. The van der Waals surface area contributed by atoms with Crippen LogP contribution in [0.25, 0.3) is 0 Å². The third-order valence-electron chi connectivity index (χ3n) is 1.82. The van der Waals surface area contributed by atoms with Crippen molar-refractivity contribution in [2.75, 3.05) is 6.61 Å². The molecule has 16 heavy (non-hydrogen) atoms. The van der Waals surface area contributed by atoms with Crippen LogP contribution in [0.4, 0.5) is 0 Å². The first-order valence-electron chi connectivity index (χ1n) is 4.63. The van der Waals surface area contributed by atoms with Crippen molar-refractivity contribution in [2.45, 2.75) is 6.92 Å². The lowest BCUT2D eigenvalue weighted by Gasteiger charge is -2.10. The molecule has 0 saturated heterocycles. The minimum absolute atomic E-state index is 0.483. The molecule has 0 radical (unpaired) electrons. The van der Waals surface area contributed by atoms with E-state index in [1.807, 2.05) is 31.2 Å². The van der Waals surface area contributed by atoms with E-state index in [0.717, 1.165) is 24.7 Å². The van der Waals surface area contributed by atoms with Gasteiger partial charge < -0.3 is 4.74 Å². The predicted octanol–water partition coefficient (Wildman–Crippen LogP) is 5.49. The van der Waals surface area contributed by atoms with Crippen LogP contribution in [0.2, 0.25) is 0 Å². The Labute approximate surface area is 121 Å². The number of ether oxygens (including phenoxy) is 1. The molecule has 0 aliphatic heterocycles. The first-order valence-corrected chi connectivity index (χ1v) is 7.01. The molecule has 0 atom stereocenters. The van der Waals surface area contributed by atoms with Gasteiger partial charge in [-0.1, -0.05) is 18.7 Å². The molecule has 86 valence electrons. The minimum Gasteiger partial charge on any atom is -0.488 e. The van der Waals surface area contributed by atoms with Gasteiger partial charge in [-0.3, -0.25) is 0 Å². The second-order valence-electron chi connectivity index (χ2n) is 3.12. The van der Waals surface area contributed by atoms with Crippen molar-refractivity contribution in [2.24, 2.45) is 0 Å². The topological polar surface area (TPSA) is 9.23 Å². The lowest BCUT2D eigenvalue weighted by molar-refractivity contribution is 0.353. The molecule has 1 nitrogen and oxygen atoms in total. The van der Waals surface area contributed by atoms with Crippen LogP contribution in [-0.4, -0.2) is 6.61 Å². The first kappa shape index (κ1) is 14.0. The van der Waals surface area contributed by atoms with Gasteiger partial charge in [0.15, 0.2) is 0 Å². The summed E-state index contributed by atoms with van der Waals surface area (Å²) < 4.78 is 8.47. The number of hydrogen-bond acceptors (Lipinski definition) is 1. The van der Waals surface area contributed by atoms with Gasteiger partial charge in [0.1, 0.15) is 12.4 Å². The molecule has 0 aliphatic rings. The summed E-state index contributed by atoms with van der Waals surface area (Å²) >= 11 is 10.4. The van der Waals surface area contributed by atoms with Crippen LogP contribution in [0, 0.1) is 0 Å². The Hall–Kier alpha value is -0.0600. The van der Waals surface area contributed by atoms with Gasteiger partial charge in [-0.15, -0.1) is 0 Å². The summed E-state index contributed by atoms with van der Waals surface area (Å²) in [6.07, 6.45) is 3.88. The monoisotopic (exact) mass is 408 g/mol. The van der Waals surface area contributed by atoms with Crippen LogP contribution in [0.1, 0.15) is 6.92 Å². The third kappa shape index (κ3) is 3.75. The molecule has 0 heterocycles. The number of hydrogen-bond donors (Lipinski definition) is 0. The zero-order chi connectivity index (χ0) is 12.1. The average molecular weight is 411 g/mol. The quantitative estimate of drug-likeness (QED) is 0.471. The van der Waals surface area contributed by atoms with Crippen molar-refractivity contribution in [1.29, 1.82) is 0 Å². The normalized spacial score (nSPS) is 10.8. The van der Waals surface area contributed by atoms with Crippen LogP contribution in [0.3, 0.4) is 0 Å². The van der Waals surface area contributed by atoms with Crippen LogP contribution < -0.4 is 4.74 Å². The van der Waals surface area contributed by atoms with E-state index in [1.165, 1.54) is 0 Å². The first-order chi connectivity index (χ1) is 7.56. The smallest absolute Gasteiger partial charge is 0.135 e. The number of allylic oxidation sites excluding steroid dienone is 1. The Morgan fingerprint density at radius 1 is 1.31 bits per heavy atom. The van der Waals surface area contributed by atoms with Crippen molar-refractivity contribution >= 4 is 47.8 Å². The summed E-state index contributed by atoms with van der Waals surface area (Å²) in [7, 11) is 0. The molecule has 0 amide bonds. The van der Waals surface area contributed by atoms with Gasteiger partial charge in [0.25, 0.3) is 0 Å². The zero-order valence-electron chi connectivity index (χ0n) is 8.77. The summed E-state index contributed by atoms with van der Waals surface area (Å²) in [6, 6.07) is 3.84. The van der Waals surface area contributed by atoms with Gasteiger partial charge in [-0.05, 0) is 72.4 Å². The second kappa shape index (κ2) is 6.62. The Morgan fingerprint density at radius 3 is 2.62 bits per heavy atom. The molecule has 4 heteroatoms. The van der Waals surface area contributed by atoms with E-state index in [0.29, 0.717) is 6.61 Å². The summed E-state index contributed by atoms with van der Waals surface area (Å²) in [4.78, 5) is 0. The zero-order valence-corrected chi connectivity index (χ0v) is 13.5. The molecule has 0 N–H and O–H groups in total. The largest absolute Gasteiger partial charge is 0.488 e. The molecule has 1 rings (SSSR count). The highest BCUT2D eigenvalue weighted by molar-refractivity contribution is 9.14. The summed E-state index contributed by atoms with van der Waals surface area (Å²) in [5, 5.41) is 0. The highest BCUT2D eigenvalue weighted by Gasteiger charge is 2.08. The predicted molar refractivity (Wildman–Crippen MR) is 79.0 cm³/mol. The van der Waals surface area contributed by atoms with Gasteiger partial charge in [0.2, 0.25) is 0 Å². The summed E-state index contributed by atoms with van der Waals surface area (Å²) in [5.41, 5.74) is 0.938. The van der Waals surface area contributed by atoms with Crippen molar-refractivity contribution in [3.8, 4) is 5.75 Å². The van der Waals surface area contributed by atoms with E-state index < -0.39 is 0 Å². The fourth-order valence-corrected chi connectivity index (χ4v) is 2.46. The molecule has 0 spiro atoms. The van der Waals surface area contributed by atoms with E-state index in [9.17, 15) is 0 Å². The molecule has 0 aliphatic carbocycles. The SMILES string of the molecule is C=C(/C=C/C)COc1ccc(Br)c(Br)c1Br. The number of rotatable bonds is 4. The minimum atomic E-state index is 0.483. The fraction of sp³-hybridized carbons (Fsp3) is 0.167. The lowest BCUT2D eigenvalue weighted by atomic mass is 10.3. The van der Waals surface area contributed by atoms with E-state index >= 15 is 0 Å². The van der Waals surface area contributed by atoms with Crippen LogP contribution in [0.15, 0.2) is 49.9 Å². The Kier molecular flexibility index (Phi) is 5.79. The summed E-state index contributed by atoms with van der Waals surface area (Å²) in [6.45, 7) is 6.32. The maximum Gasteiger partial charge on any atom is 0.135 e. The highest BCUT2D eigenvalue weighted by atomic mass is 79.9. The Morgan fingerprint density at radius 2 is 2.00 bits per heavy atom. The van der Waals surface area contributed by atoms with Crippen molar-refractivity contribution in [3.05, 3.63) is 49.9 Å². The van der Waals surface area contributed by atoms with Crippen molar-refractivity contribution in [1.82, 2.24) is 0 Å². The molecule has 0 saturated carbocycles. The Bertz CT molecular complexity index is 425. The standard InChI is InChI=1S/C12H11Br3O/c1-3-4-8(2)7-16-10-6-5-9(13)11(14)12(10)15/h3-6H,2,7H2,1H3/b4-3+. The fourth-order valence-electron chi connectivity index (χ4n) is 1.07. The van der Waals surface area contributed by atoms with E-state index in [-0.39, 0.29) is 0 Å². The van der Waals surface area contributed by atoms with Crippen molar-refractivity contribution in [3.63, 3.8) is 0 Å². The van der Waals surface area contributed by atoms with Gasteiger partial charge in [0.05, 0.1) is 4.47 Å². The molecule has 1 aromatic carbocycles. The molecular formula is C12H11Br3O. The maximum absolute atomic E-state index is 5.64. The van der Waals surface area contributed by atoms with E-state index in [1.54, 1.807) is 0 Å². The maximum atomic E-state index is 5.64. The second-order valence-corrected chi connectivity index (χ2v) is 5.56. The molecule has 0 aromatic heterocycles. The molecular weight excluding hydrogens is 400 g/mol. The Balaban J connectivity index is 2.75. The number of benzene rings is 1. The van der Waals surface area contributed by atoms with E-state index in [2.05, 4.69) is 54.4 Å². The van der Waals surface area contributed by atoms with Gasteiger partial charge in [-0.25, -0.2) is 0 Å². The van der Waals surface area contributed by atoms with E-state index in [4.69, 9.17) is 4.74 Å². The van der Waals surface area contributed by atoms with Crippen molar-refractivity contribution < 1.29 is 4.74 Å². The molecule has 0 bridgehead atoms. The van der Waals surface area contributed by atoms with Gasteiger partial charge in [0, 0.05) is 8.95 Å². The van der Waals surface area contributed by atoms with Gasteiger partial charge in [-0.2, -0.15) is 0 Å². The van der Waals surface area contributed by atoms with Crippen LogP contribution in [0.5, 0.6) is 5.75 Å². The third-order valence-corrected chi connectivity index (χ3v) is 5.15. The molecule has 0 fully saturated rings. The van der Waals surface area contributed by atoms with Crippen LogP contribution >= 0.6 is 47.8 Å². The molecule has 1 aromatic rings. The van der Waals surface area contributed by atoms with Crippen LogP contribution in [-0.2, 0) is 0 Å². The average Bonchev–Trinajstić information content (AvgIpc) is 2.25. The molecule has 0 unspecified atom stereocenters. The highest BCUT2D eigenvalue weighted by Crippen LogP contribution is 2.37. The van der Waals surface area contributed by atoms with Gasteiger partial charge >= 0.3 is 0 Å².